The molecule has 4 atom stereocenters. The van der Waals surface area contributed by atoms with Crippen LogP contribution in [-0.2, 0) is 22.1 Å². The van der Waals surface area contributed by atoms with Crippen LogP contribution in [0.1, 0.15) is 28.4 Å². The van der Waals surface area contributed by atoms with E-state index in [1.165, 1.54) is 17.8 Å². The largest absolute Gasteiger partial charge is 0.497 e. The molecule has 1 saturated heterocycles. The molecule has 0 aliphatic carbocycles. The van der Waals surface area contributed by atoms with Crippen LogP contribution < -0.4 is 20.7 Å². The van der Waals surface area contributed by atoms with Crippen molar-refractivity contribution in [2.45, 2.75) is 30.0 Å². The number of aliphatic hydroxyl groups excluding tert-OH is 2. The molecule has 0 radical (unpaired) electrons. The van der Waals surface area contributed by atoms with Crippen molar-refractivity contribution < 1.29 is 29.2 Å². The third kappa shape index (κ3) is 5.30. The fourth-order valence-corrected chi connectivity index (χ4v) is 5.21. The van der Waals surface area contributed by atoms with Gasteiger partial charge < -0.3 is 33.7 Å². The zero-order chi connectivity index (χ0) is 29.1. The second kappa shape index (κ2) is 11.7. The molecule has 2 heterocycles. The van der Waals surface area contributed by atoms with Gasteiger partial charge in [0.15, 0.2) is 0 Å². The van der Waals surface area contributed by atoms with Gasteiger partial charge in [0.2, 0.25) is 0 Å². The van der Waals surface area contributed by atoms with Gasteiger partial charge in [0.05, 0.1) is 26.4 Å². The highest BCUT2D eigenvalue weighted by Gasteiger charge is 2.47. The predicted octanol–water partition coefficient (Wildman–Crippen LogP) is 2.26. The fourth-order valence-electron chi connectivity index (χ4n) is 5.21. The van der Waals surface area contributed by atoms with Crippen molar-refractivity contribution in [3.63, 3.8) is 0 Å². The number of hydrogen-bond acceptors (Lipinski definition) is 8. The molecule has 0 spiro atoms. The molecular weight excluding hydrogens is 528 g/mol. The van der Waals surface area contributed by atoms with Gasteiger partial charge in [0.25, 0.3) is 5.56 Å². The van der Waals surface area contributed by atoms with E-state index < -0.39 is 41.3 Å². The van der Waals surface area contributed by atoms with E-state index in [0.717, 1.165) is 16.7 Å². The van der Waals surface area contributed by atoms with Crippen LogP contribution in [0.25, 0.3) is 0 Å². The van der Waals surface area contributed by atoms with E-state index in [1.807, 2.05) is 78.9 Å². The zero-order valence-electron chi connectivity index (χ0n) is 22.9. The minimum atomic E-state index is -1.42. The summed E-state index contributed by atoms with van der Waals surface area (Å²) < 4.78 is 24.7. The molecule has 5 rings (SSSR count). The molecule has 10 heteroatoms. The van der Waals surface area contributed by atoms with E-state index in [1.54, 1.807) is 14.2 Å². The normalized spacial score (nSPS) is 20.6. The summed E-state index contributed by atoms with van der Waals surface area (Å²) in [6.45, 7) is -0.147. The number of methoxy groups -OCH3 is 2. The van der Waals surface area contributed by atoms with Gasteiger partial charge in [-0.05, 0) is 41.0 Å². The number of aromatic nitrogens is 2. The van der Waals surface area contributed by atoms with Crippen LogP contribution in [0.4, 0.5) is 0 Å². The lowest BCUT2D eigenvalue weighted by molar-refractivity contribution is -0.0830. The molecule has 3 N–H and O–H groups in total. The molecule has 1 aromatic heterocycles. The fraction of sp³-hybridized carbons (Fsp3) is 0.290. The Kier molecular flexibility index (Phi) is 8.09. The number of aromatic amines is 1. The Balaban J connectivity index is 1.56. The Labute approximate surface area is 236 Å². The van der Waals surface area contributed by atoms with E-state index in [4.69, 9.17) is 18.9 Å². The Bertz CT molecular complexity index is 1530. The van der Waals surface area contributed by atoms with Crippen LogP contribution in [0, 0.1) is 0 Å². The number of rotatable bonds is 9. The molecule has 10 nitrogen and oxygen atoms in total. The van der Waals surface area contributed by atoms with Crippen molar-refractivity contribution in [1.82, 2.24) is 9.55 Å². The maximum absolute atomic E-state index is 12.5. The minimum absolute atomic E-state index is 0.0285. The first kappa shape index (κ1) is 28.3. The summed E-state index contributed by atoms with van der Waals surface area (Å²) in [7, 11) is 4.66. The average molecular weight is 561 g/mol. The highest BCUT2D eigenvalue weighted by Crippen LogP contribution is 2.43. The summed E-state index contributed by atoms with van der Waals surface area (Å²) >= 11 is 0. The molecule has 4 unspecified atom stereocenters. The third-order valence-corrected chi connectivity index (χ3v) is 7.44. The summed E-state index contributed by atoms with van der Waals surface area (Å²) in [5.41, 5.74) is -0.0444. The maximum atomic E-state index is 12.5. The molecule has 0 amide bonds. The van der Waals surface area contributed by atoms with Crippen molar-refractivity contribution in [2.24, 2.45) is 7.05 Å². The van der Waals surface area contributed by atoms with E-state index in [9.17, 15) is 19.8 Å². The van der Waals surface area contributed by atoms with Crippen LogP contribution >= 0.6 is 0 Å². The minimum Gasteiger partial charge on any atom is -0.497 e. The lowest BCUT2D eigenvalue weighted by Gasteiger charge is -2.37. The maximum Gasteiger partial charge on any atom is 0.328 e. The first-order chi connectivity index (χ1) is 19.8. The summed E-state index contributed by atoms with van der Waals surface area (Å²) in [4.78, 5) is 26.6. The summed E-state index contributed by atoms with van der Waals surface area (Å²) in [5.74, 6) is 1.35. The lowest BCUT2D eigenvalue weighted by atomic mass is 9.80. The number of aliphatic hydroxyl groups is 2. The number of benzene rings is 3. The standard InChI is InChI=1S/C31H32N2O8/c1-33-17-24(29(36)32-30(33)37)28-27(35)26(34)25(41-28)18-40-31(19-7-5-4-6-8-19,20-9-13-22(38-2)14-10-20)21-11-15-23(39-3)16-12-21/h4-17,25-28,34-35H,18H2,1-3H3,(H,32,36,37). The smallest absolute Gasteiger partial charge is 0.328 e. The second-order valence-corrected chi connectivity index (χ2v) is 9.85. The SMILES string of the molecule is COc1ccc(C(OCC2OC(c3cn(C)c(=O)[nH]c3=O)C(O)C2O)(c2ccccc2)c2ccc(OC)cc2)cc1. The molecule has 0 bridgehead atoms. The van der Waals surface area contributed by atoms with Crippen LogP contribution in [-0.4, -0.2) is 58.9 Å². The topological polar surface area (TPSA) is 132 Å². The van der Waals surface area contributed by atoms with Crippen molar-refractivity contribution >= 4 is 0 Å². The molecule has 1 aliphatic rings. The number of nitrogens with zero attached hydrogens (tertiary/aromatic N) is 1. The van der Waals surface area contributed by atoms with E-state index in [2.05, 4.69) is 4.98 Å². The number of nitrogens with one attached hydrogen (secondary N) is 1. The quantitative estimate of drug-likeness (QED) is 0.266. The molecule has 1 fully saturated rings. The van der Waals surface area contributed by atoms with Crippen molar-refractivity contribution in [3.8, 4) is 11.5 Å². The van der Waals surface area contributed by atoms with E-state index in [-0.39, 0.29) is 12.2 Å². The Morgan fingerprint density at radius 1 is 0.829 bits per heavy atom. The van der Waals surface area contributed by atoms with Gasteiger partial charge in [-0.2, -0.15) is 0 Å². The number of aryl methyl sites for hydroxylation is 1. The molecule has 41 heavy (non-hydrogen) atoms. The molecule has 0 saturated carbocycles. The molecular formula is C31H32N2O8. The second-order valence-electron chi connectivity index (χ2n) is 9.85. The van der Waals surface area contributed by atoms with Crippen LogP contribution in [0.2, 0.25) is 0 Å². The Morgan fingerprint density at radius 3 is 1.90 bits per heavy atom. The molecule has 4 aromatic rings. The lowest BCUT2D eigenvalue weighted by Crippen LogP contribution is -2.39. The number of ether oxygens (including phenoxy) is 4. The van der Waals surface area contributed by atoms with Gasteiger partial charge in [-0.1, -0.05) is 54.6 Å². The van der Waals surface area contributed by atoms with Crippen molar-refractivity contribution in [2.75, 3.05) is 20.8 Å². The zero-order valence-corrected chi connectivity index (χ0v) is 22.9. The Morgan fingerprint density at radius 2 is 1.37 bits per heavy atom. The first-order valence-corrected chi connectivity index (χ1v) is 13.1. The summed E-state index contributed by atoms with van der Waals surface area (Å²) in [6, 6.07) is 24.6. The van der Waals surface area contributed by atoms with Gasteiger partial charge >= 0.3 is 5.69 Å². The van der Waals surface area contributed by atoms with Crippen molar-refractivity contribution in [1.29, 1.82) is 0 Å². The highest BCUT2D eigenvalue weighted by molar-refractivity contribution is 5.49. The summed E-state index contributed by atoms with van der Waals surface area (Å²) in [5, 5.41) is 21.8. The third-order valence-electron chi connectivity index (χ3n) is 7.44. The Hall–Kier alpha value is -4.22. The predicted molar refractivity (Wildman–Crippen MR) is 150 cm³/mol. The molecule has 214 valence electrons. The van der Waals surface area contributed by atoms with Crippen molar-refractivity contribution in [3.05, 3.63) is 128 Å². The molecule has 1 aliphatic heterocycles. The van der Waals surface area contributed by atoms with Crippen LogP contribution in [0.5, 0.6) is 11.5 Å². The van der Waals surface area contributed by atoms with Gasteiger partial charge in [0, 0.05) is 13.2 Å². The molecule has 3 aromatic carbocycles. The van der Waals surface area contributed by atoms with E-state index in [0.29, 0.717) is 11.5 Å². The average Bonchev–Trinajstić information content (AvgIpc) is 3.29. The van der Waals surface area contributed by atoms with Gasteiger partial charge in [0.1, 0.15) is 41.5 Å². The van der Waals surface area contributed by atoms with Gasteiger partial charge in [-0.25, -0.2) is 4.79 Å². The highest BCUT2D eigenvalue weighted by atomic mass is 16.6. The van der Waals surface area contributed by atoms with E-state index >= 15 is 0 Å². The van der Waals surface area contributed by atoms with Crippen LogP contribution in [0.15, 0.2) is 94.6 Å². The van der Waals surface area contributed by atoms with Gasteiger partial charge in [-0.15, -0.1) is 0 Å². The number of H-pyrrole nitrogens is 1. The van der Waals surface area contributed by atoms with Crippen LogP contribution in [0.3, 0.4) is 0 Å². The number of hydrogen-bond donors (Lipinski definition) is 3. The summed E-state index contributed by atoms with van der Waals surface area (Å²) in [6.07, 6.45) is -3.64. The first-order valence-electron chi connectivity index (χ1n) is 13.1. The monoisotopic (exact) mass is 560 g/mol. The van der Waals surface area contributed by atoms with Gasteiger partial charge in [-0.3, -0.25) is 9.78 Å².